The zero-order chi connectivity index (χ0) is 18.3. The Hall–Kier alpha value is -2.37. The highest BCUT2D eigenvalue weighted by Gasteiger charge is 2.24. The molecule has 1 aliphatic rings. The lowest BCUT2D eigenvalue weighted by Crippen LogP contribution is -2.50. The molecule has 6 heteroatoms. The minimum Gasteiger partial charge on any atom is -0.507 e. The van der Waals surface area contributed by atoms with Gasteiger partial charge >= 0.3 is 0 Å². The molecule has 0 saturated carbocycles. The predicted molar refractivity (Wildman–Crippen MR) is 106 cm³/mol. The summed E-state index contributed by atoms with van der Waals surface area (Å²) in [5, 5.41) is 11.9. The fourth-order valence-corrected chi connectivity index (χ4v) is 3.52. The van der Waals surface area contributed by atoms with Gasteiger partial charge in [0.25, 0.3) is 0 Å². The largest absolute Gasteiger partial charge is 0.507 e. The van der Waals surface area contributed by atoms with Gasteiger partial charge in [-0.3, -0.25) is 0 Å². The quantitative estimate of drug-likeness (QED) is 0.745. The molecule has 134 valence electrons. The number of fused-ring (bicyclic) bond motifs is 1. The normalized spacial score (nSPS) is 18.4. The Morgan fingerprint density at radius 2 is 1.92 bits per heavy atom. The molecular formula is C20H21ClN4O. The van der Waals surface area contributed by atoms with E-state index in [9.17, 15) is 5.11 Å². The summed E-state index contributed by atoms with van der Waals surface area (Å²) in [6.07, 6.45) is 0. The Morgan fingerprint density at radius 1 is 1.12 bits per heavy atom. The molecule has 4 rings (SSSR count). The first-order chi connectivity index (χ1) is 12.5. The number of hydrogen-bond donors (Lipinski definition) is 1. The number of halogens is 1. The molecule has 1 N–H and O–H groups in total. The number of rotatable bonds is 2. The van der Waals surface area contributed by atoms with Gasteiger partial charge in [-0.05, 0) is 44.3 Å². The van der Waals surface area contributed by atoms with E-state index in [-0.39, 0.29) is 5.75 Å². The van der Waals surface area contributed by atoms with Crippen molar-refractivity contribution < 1.29 is 5.11 Å². The first-order valence-corrected chi connectivity index (χ1v) is 9.11. The fraction of sp³-hybridized carbons (Fsp3) is 0.300. The molecule has 0 bridgehead atoms. The third-order valence-electron chi connectivity index (χ3n) is 5.04. The number of aromatic hydroxyl groups is 1. The molecule has 0 radical (unpaired) electrons. The maximum Gasteiger partial charge on any atom is 0.165 e. The van der Waals surface area contributed by atoms with E-state index in [0.29, 0.717) is 22.5 Å². The first-order valence-electron chi connectivity index (χ1n) is 8.74. The molecule has 5 nitrogen and oxygen atoms in total. The van der Waals surface area contributed by atoms with E-state index in [1.165, 1.54) is 0 Å². The predicted octanol–water partition coefficient (Wildman–Crippen LogP) is 3.80. The van der Waals surface area contributed by atoms with Gasteiger partial charge in [0, 0.05) is 36.1 Å². The summed E-state index contributed by atoms with van der Waals surface area (Å²) in [6.45, 7) is 4.99. The molecule has 3 aromatic rings. The van der Waals surface area contributed by atoms with Crippen molar-refractivity contribution in [3.8, 4) is 17.1 Å². The van der Waals surface area contributed by atoms with Gasteiger partial charge in [0.15, 0.2) is 5.82 Å². The number of phenols is 1. The number of phenolic OH excluding ortho intramolecular Hbond substituents is 1. The van der Waals surface area contributed by atoms with Gasteiger partial charge in [-0.25, -0.2) is 9.97 Å². The van der Waals surface area contributed by atoms with E-state index in [2.05, 4.69) is 28.8 Å². The van der Waals surface area contributed by atoms with Crippen LogP contribution in [0.5, 0.6) is 5.75 Å². The number of benzene rings is 2. The molecule has 1 fully saturated rings. The summed E-state index contributed by atoms with van der Waals surface area (Å²) >= 11 is 6.20. The summed E-state index contributed by atoms with van der Waals surface area (Å²) in [5.74, 6) is 1.58. The van der Waals surface area contributed by atoms with Crippen LogP contribution in [0.2, 0.25) is 5.02 Å². The highest BCUT2D eigenvalue weighted by molar-refractivity contribution is 6.31. The molecule has 2 heterocycles. The van der Waals surface area contributed by atoms with Crippen LogP contribution in [0, 0.1) is 0 Å². The SMILES string of the molecule is CC1CN(c2nc(-c3ccccc3O)nc3cc(Cl)ccc23)CCN1C. The maximum atomic E-state index is 10.2. The highest BCUT2D eigenvalue weighted by atomic mass is 35.5. The molecule has 0 amide bonds. The molecule has 0 spiro atoms. The van der Waals surface area contributed by atoms with Gasteiger partial charge < -0.3 is 14.9 Å². The Balaban J connectivity index is 1.89. The van der Waals surface area contributed by atoms with Crippen molar-refractivity contribution >= 4 is 28.3 Å². The number of anilines is 1. The van der Waals surface area contributed by atoms with Crippen LogP contribution in [0.3, 0.4) is 0 Å². The van der Waals surface area contributed by atoms with E-state index in [1.807, 2.05) is 30.3 Å². The molecule has 26 heavy (non-hydrogen) atoms. The van der Waals surface area contributed by atoms with Crippen LogP contribution >= 0.6 is 11.6 Å². The number of likely N-dealkylation sites (N-methyl/N-ethyl adjacent to an activating group) is 1. The molecule has 2 aromatic carbocycles. The maximum absolute atomic E-state index is 10.2. The summed E-state index contributed by atoms with van der Waals surface area (Å²) in [5.41, 5.74) is 1.41. The molecule has 1 aliphatic heterocycles. The Bertz CT molecular complexity index is 962. The standard InChI is InChI=1S/C20H21ClN4O/c1-13-12-25(10-9-24(13)2)20-15-8-7-14(21)11-17(15)22-19(23-20)16-5-3-4-6-18(16)26/h3-8,11,13,26H,9-10,12H2,1-2H3. The van der Waals surface area contributed by atoms with Gasteiger partial charge in [0.05, 0.1) is 11.1 Å². The summed E-state index contributed by atoms with van der Waals surface area (Å²) in [4.78, 5) is 14.1. The lowest BCUT2D eigenvalue weighted by molar-refractivity contribution is 0.233. The number of hydrogen-bond acceptors (Lipinski definition) is 5. The van der Waals surface area contributed by atoms with Crippen LogP contribution in [0.4, 0.5) is 5.82 Å². The molecule has 1 aromatic heterocycles. The average molecular weight is 369 g/mol. The fourth-order valence-electron chi connectivity index (χ4n) is 3.35. The van der Waals surface area contributed by atoms with Crippen molar-refractivity contribution in [2.24, 2.45) is 0 Å². The van der Waals surface area contributed by atoms with Crippen LogP contribution in [-0.4, -0.2) is 52.7 Å². The minimum atomic E-state index is 0.173. The summed E-state index contributed by atoms with van der Waals surface area (Å²) in [7, 11) is 2.15. The van der Waals surface area contributed by atoms with Crippen molar-refractivity contribution in [1.29, 1.82) is 0 Å². The Labute approximate surface area is 157 Å². The van der Waals surface area contributed by atoms with Crippen molar-refractivity contribution in [3.05, 3.63) is 47.5 Å². The first kappa shape index (κ1) is 17.1. The monoisotopic (exact) mass is 368 g/mol. The van der Waals surface area contributed by atoms with Gasteiger partial charge in [0.1, 0.15) is 11.6 Å². The van der Waals surface area contributed by atoms with Crippen molar-refractivity contribution in [2.75, 3.05) is 31.6 Å². The molecule has 1 unspecified atom stereocenters. The van der Waals surface area contributed by atoms with Crippen molar-refractivity contribution in [3.63, 3.8) is 0 Å². The summed E-state index contributed by atoms with van der Waals surface area (Å²) < 4.78 is 0. The second-order valence-electron chi connectivity index (χ2n) is 6.83. The summed E-state index contributed by atoms with van der Waals surface area (Å²) in [6, 6.07) is 13.3. The molecule has 1 saturated heterocycles. The van der Waals surface area contributed by atoms with Crippen LogP contribution in [0.15, 0.2) is 42.5 Å². The molecular weight excluding hydrogens is 348 g/mol. The highest BCUT2D eigenvalue weighted by Crippen LogP contribution is 2.33. The zero-order valence-electron chi connectivity index (χ0n) is 14.9. The van der Waals surface area contributed by atoms with Crippen LogP contribution in [-0.2, 0) is 0 Å². The smallest absolute Gasteiger partial charge is 0.165 e. The van der Waals surface area contributed by atoms with E-state index < -0.39 is 0 Å². The third kappa shape index (κ3) is 3.08. The van der Waals surface area contributed by atoms with Crippen molar-refractivity contribution in [1.82, 2.24) is 14.9 Å². The number of piperazine rings is 1. The Morgan fingerprint density at radius 3 is 2.69 bits per heavy atom. The average Bonchev–Trinajstić information content (AvgIpc) is 2.63. The van der Waals surface area contributed by atoms with Gasteiger partial charge in [-0.15, -0.1) is 0 Å². The zero-order valence-corrected chi connectivity index (χ0v) is 15.6. The lowest BCUT2D eigenvalue weighted by atomic mass is 10.1. The molecule has 0 aliphatic carbocycles. The second-order valence-corrected chi connectivity index (χ2v) is 7.26. The van der Waals surface area contributed by atoms with Gasteiger partial charge in [-0.1, -0.05) is 23.7 Å². The topological polar surface area (TPSA) is 52.5 Å². The van der Waals surface area contributed by atoms with E-state index in [1.54, 1.807) is 12.1 Å². The third-order valence-corrected chi connectivity index (χ3v) is 5.28. The lowest BCUT2D eigenvalue weighted by Gasteiger charge is -2.38. The second kappa shape index (κ2) is 6.74. The minimum absolute atomic E-state index is 0.173. The van der Waals surface area contributed by atoms with Gasteiger partial charge in [0.2, 0.25) is 0 Å². The molecule has 1 atom stereocenters. The van der Waals surface area contributed by atoms with E-state index in [0.717, 1.165) is 36.4 Å². The van der Waals surface area contributed by atoms with Crippen molar-refractivity contribution in [2.45, 2.75) is 13.0 Å². The number of nitrogens with zero attached hydrogens (tertiary/aromatic N) is 4. The Kier molecular flexibility index (Phi) is 4.42. The van der Waals surface area contributed by atoms with E-state index >= 15 is 0 Å². The van der Waals surface area contributed by atoms with E-state index in [4.69, 9.17) is 16.6 Å². The van der Waals surface area contributed by atoms with Gasteiger partial charge in [-0.2, -0.15) is 0 Å². The number of aromatic nitrogens is 2. The van der Waals surface area contributed by atoms with Crippen LogP contribution in [0.1, 0.15) is 6.92 Å². The number of para-hydroxylation sites is 1. The van der Waals surface area contributed by atoms with Crippen LogP contribution < -0.4 is 4.90 Å². The van der Waals surface area contributed by atoms with Crippen LogP contribution in [0.25, 0.3) is 22.3 Å².